The first-order valence-corrected chi connectivity index (χ1v) is 1.65. The minimum absolute atomic E-state index is 0. The van der Waals surface area contributed by atoms with Crippen molar-refractivity contribution in [1.82, 2.24) is 0 Å². The van der Waals surface area contributed by atoms with Gasteiger partial charge in [0.15, 0.2) is 0 Å². The zero-order chi connectivity index (χ0) is 4.12. The van der Waals surface area contributed by atoms with Gasteiger partial charge in [-0.05, 0) is 0 Å². The molecule has 0 amide bonds. The summed E-state index contributed by atoms with van der Waals surface area (Å²) in [7, 11) is 0. The second-order valence-corrected chi connectivity index (χ2v) is 0.760. The van der Waals surface area contributed by atoms with Crippen molar-refractivity contribution >= 4 is 0 Å². The van der Waals surface area contributed by atoms with Crippen molar-refractivity contribution in [1.29, 1.82) is 0 Å². The van der Waals surface area contributed by atoms with Crippen LogP contribution in [-0.2, 0) is 17.4 Å². The van der Waals surface area contributed by atoms with Crippen molar-refractivity contribution < 1.29 is 17.4 Å². The van der Waals surface area contributed by atoms with E-state index in [1.54, 1.807) is 6.08 Å². The first kappa shape index (κ1) is 15.7. The molecule has 0 heterocycles. The molecule has 0 aromatic heterocycles. The molecule has 0 N–H and O–H groups in total. The molecule has 0 aromatic rings. The quantitative estimate of drug-likeness (QED) is 0.483. The third-order valence-corrected chi connectivity index (χ3v) is 0.333. The van der Waals surface area contributed by atoms with Crippen molar-refractivity contribution in [3.63, 3.8) is 0 Å². The fraction of sp³-hybridized carbons (Fsp3) is 0.167. The van der Waals surface area contributed by atoms with Crippen molar-refractivity contribution in [2.24, 2.45) is 0 Å². The van der Waals surface area contributed by atoms with Gasteiger partial charge in [0.2, 0.25) is 0 Å². The molecule has 0 aliphatic carbocycles. The Morgan fingerprint density at radius 2 is 1.86 bits per heavy atom. The Morgan fingerprint density at radius 1 is 1.43 bits per heavy atom. The van der Waals surface area contributed by atoms with Crippen LogP contribution < -0.4 is 0 Å². The Hall–Kier alpha value is 0.142. The largest absolute Gasteiger partial charge is 3.00 e. The second-order valence-electron chi connectivity index (χ2n) is 0.760. The molecule has 0 atom stereocenters. The van der Waals surface area contributed by atoms with Crippen LogP contribution >= 0.6 is 0 Å². The van der Waals surface area contributed by atoms with Crippen LogP contribution in [-0.4, -0.2) is 0 Å². The van der Waals surface area contributed by atoms with Crippen LogP contribution in [0.2, 0.25) is 0 Å². The maximum absolute atomic E-state index is 3.55. The number of rotatable bonds is 1. The van der Waals surface area contributed by atoms with Crippen molar-refractivity contribution in [3.8, 4) is 0 Å². The molecular formula is C6H11Cr. The molecule has 0 aromatic carbocycles. The summed E-state index contributed by atoms with van der Waals surface area (Å²) in [5, 5.41) is 0. The molecule has 1 heteroatoms. The van der Waals surface area contributed by atoms with Crippen LogP contribution in [0.4, 0.5) is 0 Å². The average Bonchev–Trinajstić information content (AvgIpc) is 1.41. The summed E-state index contributed by atoms with van der Waals surface area (Å²) in [5.41, 5.74) is 0. The van der Waals surface area contributed by atoms with Crippen molar-refractivity contribution in [2.75, 3.05) is 0 Å². The summed E-state index contributed by atoms with van der Waals surface area (Å²) in [4.78, 5) is 0. The minimum Gasteiger partial charge on any atom is -0.358 e. The van der Waals surface area contributed by atoms with Gasteiger partial charge in [0.1, 0.15) is 0 Å². The standard InChI is InChI=1S/C5H8.CH3.Cr/c1-3-5-4-2;;/h3,5H,1-2,4H2;1H3;/q-2;-1;+3/b5-3-;;. The number of hydrogen-bond donors (Lipinski definition) is 0. The van der Waals surface area contributed by atoms with Gasteiger partial charge >= 0.3 is 17.4 Å². The molecular weight excluding hydrogens is 124 g/mol. The van der Waals surface area contributed by atoms with Gasteiger partial charge in [-0.15, -0.1) is 0 Å². The minimum atomic E-state index is 0. The van der Waals surface area contributed by atoms with E-state index in [4.69, 9.17) is 0 Å². The van der Waals surface area contributed by atoms with Gasteiger partial charge < -0.3 is 14.4 Å². The van der Waals surface area contributed by atoms with E-state index < -0.39 is 0 Å². The molecule has 0 saturated heterocycles. The first-order chi connectivity index (χ1) is 2.41. The average molecular weight is 135 g/mol. The van der Waals surface area contributed by atoms with E-state index in [0.717, 1.165) is 6.42 Å². The normalized spacial score (nSPS) is 7.00. The van der Waals surface area contributed by atoms with Gasteiger partial charge in [-0.1, -0.05) is 0 Å². The predicted molar refractivity (Wildman–Crippen MR) is 30.9 cm³/mol. The molecule has 7 heavy (non-hydrogen) atoms. The summed E-state index contributed by atoms with van der Waals surface area (Å²) >= 11 is 0. The van der Waals surface area contributed by atoms with Crippen molar-refractivity contribution in [3.05, 3.63) is 33.4 Å². The van der Waals surface area contributed by atoms with Gasteiger partial charge in [-0.2, -0.15) is 0 Å². The zero-order valence-corrected chi connectivity index (χ0v) is 5.96. The molecule has 0 saturated carbocycles. The molecule has 0 fully saturated rings. The summed E-state index contributed by atoms with van der Waals surface area (Å²) in [6.45, 7) is 7.00. The number of hydrogen-bond acceptors (Lipinski definition) is 0. The Morgan fingerprint density at radius 3 is 1.86 bits per heavy atom. The second kappa shape index (κ2) is 16.4. The SMILES string of the molecule is [CH2-]/C=C\C[CH2-].[CH3-].[Cr+3]. The smallest absolute Gasteiger partial charge is 0.358 e. The van der Waals surface area contributed by atoms with E-state index in [9.17, 15) is 0 Å². The zero-order valence-electron chi connectivity index (χ0n) is 4.68. The van der Waals surface area contributed by atoms with Gasteiger partial charge in [-0.25, -0.2) is 19.4 Å². The van der Waals surface area contributed by atoms with Crippen LogP contribution in [0.5, 0.6) is 0 Å². The maximum atomic E-state index is 3.55. The third kappa shape index (κ3) is 23.0. The molecule has 0 unspecified atom stereocenters. The van der Waals surface area contributed by atoms with E-state index in [-0.39, 0.29) is 24.8 Å². The van der Waals surface area contributed by atoms with Gasteiger partial charge in [0.05, 0.1) is 0 Å². The van der Waals surface area contributed by atoms with Gasteiger partial charge in [0.25, 0.3) is 0 Å². The maximum Gasteiger partial charge on any atom is 3.00 e. The summed E-state index contributed by atoms with van der Waals surface area (Å²) in [6.07, 6.45) is 4.50. The third-order valence-electron chi connectivity index (χ3n) is 0.333. The molecule has 0 aliphatic heterocycles. The van der Waals surface area contributed by atoms with Gasteiger partial charge in [-0.3, -0.25) is 6.08 Å². The van der Waals surface area contributed by atoms with E-state index in [1.165, 1.54) is 0 Å². The summed E-state index contributed by atoms with van der Waals surface area (Å²) in [6, 6.07) is 0. The number of allylic oxidation sites excluding steroid dienone is 2. The Kier molecular flexibility index (Phi) is 36.9. The molecule has 1 radical (unpaired) electrons. The van der Waals surface area contributed by atoms with E-state index in [1.807, 2.05) is 6.08 Å². The van der Waals surface area contributed by atoms with E-state index >= 15 is 0 Å². The predicted octanol–water partition coefficient (Wildman–Crippen LogP) is 2.05. The summed E-state index contributed by atoms with van der Waals surface area (Å²) < 4.78 is 0. The van der Waals surface area contributed by atoms with E-state index in [0.29, 0.717) is 0 Å². The van der Waals surface area contributed by atoms with Crippen LogP contribution in [0.25, 0.3) is 0 Å². The Balaban J connectivity index is -0.0000000800. The molecule has 0 spiro atoms. The molecule has 0 nitrogen and oxygen atoms in total. The monoisotopic (exact) mass is 135 g/mol. The van der Waals surface area contributed by atoms with Crippen molar-refractivity contribution in [2.45, 2.75) is 6.42 Å². The Bertz CT molecular complexity index is 31.2. The fourth-order valence-corrected chi connectivity index (χ4v) is 0.118. The fourth-order valence-electron chi connectivity index (χ4n) is 0.118. The summed E-state index contributed by atoms with van der Waals surface area (Å²) in [5.74, 6) is 0. The van der Waals surface area contributed by atoms with Crippen LogP contribution in [0.15, 0.2) is 12.2 Å². The topological polar surface area (TPSA) is 0 Å². The van der Waals surface area contributed by atoms with Crippen LogP contribution in [0, 0.1) is 21.3 Å². The van der Waals surface area contributed by atoms with E-state index in [2.05, 4.69) is 13.8 Å². The van der Waals surface area contributed by atoms with Gasteiger partial charge in [0, 0.05) is 0 Å². The molecule has 41 valence electrons. The van der Waals surface area contributed by atoms with Crippen LogP contribution in [0.1, 0.15) is 6.42 Å². The molecule has 0 aliphatic rings. The van der Waals surface area contributed by atoms with Crippen LogP contribution in [0.3, 0.4) is 0 Å². The molecule has 0 bridgehead atoms. The molecule has 0 rings (SSSR count). The first-order valence-electron chi connectivity index (χ1n) is 1.65. The Labute approximate surface area is 57.8 Å².